The predicted molar refractivity (Wildman–Crippen MR) is 130 cm³/mol. The SMILES string of the molecule is COc1ccc(CN2C(=O)c3ccccc3C2=O)cc1C(=O)Nc1ccc(CCN(C)C)cc1. The highest BCUT2D eigenvalue weighted by Crippen LogP contribution is 2.27. The van der Waals surface area contributed by atoms with Gasteiger partial charge in [0.15, 0.2) is 0 Å². The molecule has 0 atom stereocenters. The third-order valence-corrected chi connectivity index (χ3v) is 5.79. The molecule has 174 valence electrons. The lowest BCUT2D eigenvalue weighted by atomic mass is 10.1. The Bertz CT molecular complexity index is 1200. The Morgan fingerprint density at radius 1 is 0.912 bits per heavy atom. The van der Waals surface area contributed by atoms with Gasteiger partial charge in [0.25, 0.3) is 17.7 Å². The minimum atomic E-state index is -0.336. The molecule has 1 aliphatic heterocycles. The number of imide groups is 1. The Morgan fingerprint density at radius 2 is 1.53 bits per heavy atom. The van der Waals surface area contributed by atoms with Crippen LogP contribution in [0.3, 0.4) is 0 Å². The molecular formula is C27H27N3O4. The summed E-state index contributed by atoms with van der Waals surface area (Å²) in [5.74, 6) is -0.595. The molecule has 0 saturated carbocycles. The van der Waals surface area contributed by atoms with Gasteiger partial charge in [0.2, 0.25) is 0 Å². The highest BCUT2D eigenvalue weighted by Gasteiger charge is 2.35. The summed E-state index contributed by atoms with van der Waals surface area (Å²) in [7, 11) is 5.56. The normalized spacial score (nSPS) is 12.8. The van der Waals surface area contributed by atoms with E-state index in [1.165, 1.54) is 17.6 Å². The molecule has 0 spiro atoms. The van der Waals surface area contributed by atoms with Gasteiger partial charge in [-0.15, -0.1) is 0 Å². The smallest absolute Gasteiger partial charge is 0.261 e. The molecule has 0 saturated heterocycles. The number of methoxy groups -OCH3 is 1. The maximum atomic E-state index is 13.0. The molecule has 0 fully saturated rings. The number of benzene rings is 3. The number of carbonyl (C=O) groups is 3. The number of ether oxygens (including phenoxy) is 1. The first-order valence-electron chi connectivity index (χ1n) is 11.0. The standard InChI is InChI=1S/C27H27N3O4/c1-29(2)15-14-18-8-11-20(12-9-18)28-25(31)23-16-19(10-13-24(23)34-3)17-30-26(32)21-6-4-5-7-22(21)27(30)33/h4-13,16H,14-15,17H2,1-3H3,(H,28,31). The molecule has 4 rings (SSSR count). The number of nitrogens with zero attached hydrogens (tertiary/aromatic N) is 2. The van der Waals surface area contributed by atoms with Crippen molar-refractivity contribution >= 4 is 23.4 Å². The fraction of sp³-hybridized carbons (Fsp3) is 0.222. The van der Waals surface area contributed by atoms with Gasteiger partial charge in [-0.3, -0.25) is 19.3 Å². The molecule has 1 N–H and O–H groups in total. The highest BCUT2D eigenvalue weighted by molar-refractivity contribution is 6.21. The van der Waals surface area contributed by atoms with E-state index in [1.54, 1.807) is 42.5 Å². The van der Waals surface area contributed by atoms with Gasteiger partial charge in [-0.2, -0.15) is 0 Å². The van der Waals surface area contributed by atoms with Crippen LogP contribution in [0.4, 0.5) is 5.69 Å². The molecule has 3 aromatic rings. The van der Waals surface area contributed by atoms with Crippen molar-refractivity contribution in [3.05, 3.63) is 94.5 Å². The molecule has 7 nitrogen and oxygen atoms in total. The van der Waals surface area contributed by atoms with Crippen molar-refractivity contribution in [2.45, 2.75) is 13.0 Å². The van der Waals surface area contributed by atoms with Crippen LogP contribution in [0.2, 0.25) is 0 Å². The van der Waals surface area contributed by atoms with Crippen molar-refractivity contribution in [3.63, 3.8) is 0 Å². The zero-order chi connectivity index (χ0) is 24.2. The number of nitrogens with one attached hydrogen (secondary N) is 1. The summed E-state index contributed by atoms with van der Waals surface area (Å²) < 4.78 is 5.38. The zero-order valence-corrected chi connectivity index (χ0v) is 19.5. The number of likely N-dealkylation sites (N-methyl/N-ethyl adjacent to an activating group) is 1. The number of anilines is 1. The Morgan fingerprint density at radius 3 is 2.12 bits per heavy atom. The summed E-state index contributed by atoms with van der Waals surface area (Å²) in [4.78, 5) is 41.8. The lowest BCUT2D eigenvalue weighted by Crippen LogP contribution is -2.29. The monoisotopic (exact) mass is 457 g/mol. The van der Waals surface area contributed by atoms with Gasteiger partial charge in [-0.25, -0.2) is 0 Å². The van der Waals surface area contributed by atoms with Gasteiger partial charge in [0.1, 0.15) is 5.75 Å². The fourth-order valence-corrected chi connectivity index (χ4v) is 3.90. The van der Waals surface area contributed by atoms with Gasteiger partial charge in [0, 0.05) is 12.2 Å². The number of hydrogen-bond donors (Lipinski definition) is 1. The third kappa shape index (κ3) is 4.84. The summed E-state index contributed by atoms with van der Waals surface area (Å²) in [6.07, 6.45) is 0.925. The predicted octanol–water partition coefficient (Wildman–Crippen LogP) is 3.85. The third-order valence-electron chi connectivity index (χ3n) is 5.79. The zero-order valence-electron chi connectivity index (χ0n) is 19.5. The molecule has 0 bridgehead atoms. The maximum Gasteiger partial charge on any atom is 0.261 e. The topological polar surface area (TPSA) is 78.9 Å². The van der Waals surface area contributed by atoms with Crippen LogP contribution in [0.15, 0.2) is 66.7 Å². The van der Waals surface area contributed by atoms with Crippen molar-refractivity contribution in [1.29, 1.82) is 0 Å². The second kappa shape index (κ2) is 9.89. The van der Waals surface area contributed by atoms with E-state index < -0.39 is 0 Å². The first-order valence-corrected chi connectivity index (χ1v) is 11.0. The van der Waals surface area contributed by atoms with Crippen LogP contribution in [0, 0.1) is 0 Å². The van der Waals surface area contributed by atoms with Crippen LogP contribution in [0.1, 0.15) is 42.2 Å². The number of fused-ring (bicyclic) bond motifs is 1. The summed E-state index contributed by atoms with van der Waals surface area (Å²) in [6.45, 7) is 1.01. The lowest BCUT2D eigenvalue weighted by Gasteiger charge is -2.16. The molecule has 7 heteroatoms. The molecule has 0 aliphatic carbocycles. The number of amides is 3. The molecule has 3 amide bonds. The molecular weight excluding hydrogens is 430 g/mol. The molecule has 1 aliphatic rings. The van der Waals surface area contributed by atoms with Crippen LogP contribution < -0.4 is 10.1 Å². The van der Waals surface area contributed by atoms with Crippen LogP contribution >= 0.6 is 0 Å². The van der Waals surface area contributed by atoms with Crippen LogP contribution in [0.5, 0.6) is 5.75 Å². The number of rotatable bonds is 8. The maximum absolute atomic E-state index is 13.0. The Balaban J connectivity index is 1.50. The van der Waals surface area contributed by atoms with E-state index in [0.29, 0.717) is 33.7 Å². The quantitative estimate of drug-likeness (QED) is 0.520. The van der Waals surface area contributed by atoms with Crippen molar-refractivity contribution in [3.8, 4) is 5.75 Å². The van der Waals surface area contributed by atoms with Crippen LogP contribution in [-0.4, -0.2) is 55.3 Å². The molecule has 0 aromatic heterocycles. The molecule has 34 heavy (non-hydrogen) atoms. The average Bonchev–Trinajstić information content (AvgIpc) is 3.08. The van der Waals surface area contributed by atoms with Gasteiger partial charge < -0.3 is 15.0 Å². The first kappa shape index (κ1) is 23.2. The molecule has 1 heterocycles. The second-order valence-electron chi connectivity index (χ2n) is 8.48. The van der Waals surface area contributed by atoms with E-state index in [2.05, 4.69) is 10.2 Å². The lowest BCUT2D eigenvalue weighted by molar-refractivity contribution is 0.0642. The average molecular weight is 458 g/mol. The highest BCUT2D eigenvalue weighted by atomic mass is 16.5. The van der Waals surface area contributed by atoms with Crippen molar-refractivity contribution < 1.29 is 19.1 Å². The largest absolute Gasteiger partial charge is 0.496 e. The molecule has 0 radical (unpaired) electrons. The summed E-state index contributed by atoms with van der Waals surface area (Å²) in [5.41, 5.74) is 3.63. The second-order valence-corrected chi connectivity index (χ2v) is 8.48. The Labute approximate surface area is 198 Å². The van der Waals surface area contributed by atoms with Gasteiger partial charge in [-0.1, -0.05) is 30.3 Å². The van der Waals surface area contributed by atoms with E-state index in [-0.39, 0.29) is 24.3 Å². The van der Waals surface area contributed by atoms with Crippen molar-refractivity contribution in [1.82, 2.24) is 9.80 Å². The van der Waals surface area contributed by atoms with Crippen molar-refractivity contribution in [2.75, 3.05) is 33.1 Å². The van der Waals surface area contributed by atoms with Gasteiger partial charge in [-0.05, 0) is 68.0 Å². The minimum absolute atomic E-state index is 0.0667. The summed E-state index contributed by atoms with van der Waals surface area (Å²) in [6, 6.07) is 19.6. The van der Waals surface area contributed by atoms with Crippen LogP contribution in [-0.2, 0) is 13.0 Å². The molecule has 0 unspecified atom stereocenters. The number of carbonyl (C=O) groups excluding carboxylic acids is 3. The fourth-order valence-electron chi connectivity index (χ4n) is 3.90. The first-order chi connectivity index (χ1) is 16.4. The summed E-state index contributed by atoms with van der Waals surface area (Å²) >= 11 is 0. The molecule has 3 aromatic carbocycles. The Hall–Kier alpha value is -3.97. The van der Waals surface area contributed by atoms with E-state index in [4.69, 9.17) is 4.74 Å². The van der Waals surface area contributed by atoms with Gasteiger partial charge in [0.05, 0.1) is 30.3 Å². The van der Waals surface area contributed by atoms with Gasteiger partial charge >= 0.3 is 0 Å². The van der Waals surface area contributed by atoms with Crippen molar-refractivity contribution in [2.24, 2.45) is 0 Å². The van der Waals surface area contributed by atoms with E-state index in [9.17, 15) is 14.4 Å². The Kier molecular flexibility index (Phi) is 6.75. The van der Waals surface area contributed by atoms with Crippen LogP contribution in [0.25, 0.3) is 0 Å². The van der Waals surface area contributed by atoms with E-state index >= 15 is 0 Å². The van der Waals surface area contributed by atoms with E-state index in [1.807, 2.05) is 38.4 Å². The number of hydrogen-bond acceptors (Lipinski definition) is 5. The minimum Gasteiger partial charge on any atom is -0.496 e. The van der Waals surface area contributed by atoms with E-state index in [0.717, 1.165) is 13.0 Å². The summed E-state index contributed by atoms with van der Waals surface area (Å²) in [5, 5.41) is 2.90.